The van der Waals surface area contributed by atoms with Crippen LogP contribution < -0.4 is 9.64 Å². The molecule has 1 amide bonds. The number of fused-ring (bicyclic) bond motifs is 2. The molecule has 14 heteroatoms. The van der Waals surface area contributed by atoms with Crippen LogP contribution in [-0.2, 0) is 4.79 Å². The van der Waals surface area contributed by atoms with E-state index in [1.807, 2.05) is 36.2 Å². The quantitative estimate of drug-likeness (QED) is 0.181. The highest BCUT2D eigenvalue weighted by Gasteiger charge is 2.35. The topological polar surface area (TPSA) is 79.1 Å². The number of hydrogen-bond donors (Lipinski definition) is 0. The first-order valence-corrected chi connectivity index (χ1v) is 14.7. The van der Waals surface area contributed by atoms with Crippen molar-refractivity contribution in [3.8, 4) is 17.3 Å². The number of piperazine rings is 1. The van der Waals surface area contributed by atoms with Crippen molar-refractivity contribution in [1.82, 2.24) is 24.8 Å². The lowest BCUT2D eigenvalue weighted by molar-refractivity contribution is -0.131. The number of carbonyl (C=O) groups is 1. The first kappa shape index (κ1) is 35.2. The first-order chi connectivity index (χ1) is 21.3. The Morgan fingerprint density at radius 3 is 2.61 bits per heavy atom. The smallest absolute Gasteiger partial charge is 0.319 e. The molecule has 0 aliphatic carbocycles. The van der Waals surface area contributed by atoms with Gasteiger partial charge >= 0.3 is 6.01 Å². The number of rotatable bonds is 7. The van der Waals surface area contributed by atoms with Gasteiger partial charge in [-0.3, -0.25) is 9.78 Å². The summed E-state index contributed by atoms with van der Waals surface area (Å²) in [6, 6.07) is 10.5. The van der Waals surface area contributed by atoms with Gasteiger partial charge in [-0.05, 0) is 37.9 Å². The lowest BCUT2D eigenvalue weighted by atomic mass is 10.0. The molecule has 0 bridgehead atoms. The minimum absolute atomic E-state index is 0. The molecule has 242 valence electrons. The maximum atomic E-state index is 16.6. The Kier molecular flexibility index (Phi) is 11.3. The van der Waals surface area contributed by atoms with Crippen LogP contribution in [0.2, 0.25) is 5.02 Å². The van der Waals surface area contributed by atoms with Crippen molar-refractivity contribution in [2.75, 3.05) is 51.3 Å². The van der Waals surface area contributed by atoms with Gasteiger partial charge in [0.05, 0.1) is 5.39 Å². The summed E-state index contributed by atoms with van der Waals surface area (Å²) in [5.41, 5.74) is 0.639. The third kappa shape index (κ3) is 6.71. The van der Waals surface area contributed by atoms with Crippen molar-refractivity contribution in [2.24, 2.45) is 0 Å². The number of carbonyl (C=O) groups excluding carboxylic acids is 1. The van der Waals surface area contributed by atoms with Crippen molar-refractivity contribution < 1.29 is 18.3 Å². The number of nitrogens with zero attached hydrogens (tertiary/aromatic N) is 7. The fraction of sp³-hybridized carbons (Fsp3) is 0.344. The highest BCUT2D eigenvalue weighted by molar-refractivity contribution is 7.59. The summed E-state index contributed by atoms with van der Waals surface area (Å²) in [4.78, 5) is 35.1. The van der Waals surface area contributed by atoms with Crippen LogP contribution in [0, 0.1) is 12.4 Å². The molecule has 2 aliphatic heterocycles. The molecule has 4 aromatic rings. The van der Waals surface area contributed by atoms with Crippen LogP contribution in [0.1, 0.15) is 12.8 Å². The molecule has 6 rings (SSSR count). The molecule has 46 heavy (non-hydrogen) atoms. The van der Waals surface area contributed by atoms with Crippen molar-refractivity contribution in [2.45, 2.75) is 24.9 Å². The van der Waals surface area contributed by atoms with E-state index in [2.05, 4.69) is 26.3 Å². The third-order valence-electron chi connectivity index (χ3n) is 8.41. The number of pyridine rings is 1. The number of aromatic nitrogens is 3. The van der Waals surface area contributed by atoms with E-state index >= 15 is 4.39 Å². The molecule has 0 radical (unpaired) electrons. The van der Waals surface area contributed by atoms with Crippen molar-refractivity contribution in [3.05, 3.63) is 77.3 Å². The zero-order valence-corrected chi connectivity index (χ0v) is 27.9. The third-order valence-corrected chi connectivity index (χ3v) is 8.72. The van der Waals surface area contributed by atoms with Crippen LogP contribution in [0.4, 0.5) is 14.6 Å². The first-order valence-electron chi connectivity index (χ1n) is 14.4. The van der Waals surface area contributed by atoms with Crippen LogP contribution in [0.15, 0.2) is 55.0 Å². The lowest BCUT2D eigenvalue weighted by Gasteiger charge is -2.39. The van der Waals surface area contributed by atoms with Gasteiger partial charge in [0.15, 0.2) is 11.6 Å². The van der Waals surface area contributed by atoms with Crippen LogP contribution in [0.5, 0.6) is 6.01 Å². The largest absolute Gasteiger partial charge is 0.462 e. The number of halogens is 3. The van der Waals surface area contributed by atoms with E-state index < -0.39 is 23.6 Å². The number of likely N-dealkylation sites (N-methyl/N-ethyl adjacent to an activating group) is 1. The molecule has 2 aromatic heterocycles. The van der Waals surface area contributed by atoms with Gasteiger partial charge in [-0.25, -0.2) is 15.4 Å². The van der Waals surface area contributed by atoms with Crippen molar-refractivity contribution in [1.29, 1.82) is 0 Å². The minimum Gasteiger partial charge on any atom is -0.462 e. The summed E-state index contributed by atoms with van der Waals surface area (Å²) >= 11 is 6.56. The average Bonchev–Trinajstić information content (AvgIpc) is 3.44. The van der Waals surface area contributed by atoms with Gasteiger partial charge < -0.3 is 24.3 Å². The van der Waals surface area contributed by atoms with E-state index in [0.717, 1.165) is 24.8 Å². The maximum Gasteiger partial charge on any atom is 0.319 e. The Morgan fingerprint density at radius 2 is 1.91 bits per heavy atom. The number of benzene rings is 2. The van der Waals surface area contributed by atoms with E-state index in [0.29, 0.717) is 33.8 Å². The molecule has 2 aromatic carbocycles. The van der Waals surface area contributed by atoms with Gasteiger partial charge in [-0.15, -0.1) is 0 Å². The van der Waals surface area contributed by atoms with Crippen LogP contribution in [-0.4, -0.2) is 89.1 Å². The second kappa shape index (κ2) is 14.8. The van der Waals surface area contributed by atoms with E-state index in [-0.39, 0.29) is 76.4 Å². The second-order valence-corrected chi connectivity index (χ2v) is 11.5. The van der Waals surface area contributed by atoms with Gasteiger partial charge in [-0.1, -0.05) is 48.5 Å². The molecule has 0 unspecified atom stereocenters. The number of anilines is 1. The molecule has 9 nitrogen and oxygen atoms in total. The molecule has 4 heterocycles. The summed E-state index contributed by atoms with van der Waals surface area (Å²) in [5.74, 6) is -2.22. The van der Waals surface area contributed by atoms with Crippen LogP contribution >= 0.6 is 38.6 Å². The molecule has 2 atom stereocenters. The molecule has 0 N–H and O–H groups in total. The predicted molar refractivity (Wildman–Crippen MR) is 187 cm³/mol. The van der Waals surface area contributed by atoms with Crippen molar-refractivity contribution in [3.63, 3.8) is 0 Å². The molecule has 0 saturated carbocycles. The predicted octanol–water partition coefficient (Wildman–Crippen LogP) is 5.76. The number of amides is 1. The van der Waals surface area contributed by atoms with E-state index in [1.165, 1.54) is 11.1 Å². The highest BCUT2D eigenvalue weighted by atomic mass is 35.5. The lowest BCUT2D eigenvalue weighted by Crippen LogP contribution is -2.56. The summed E-state index contributed by atoms with van der Waals surface area (Å²) in [5, 5.41) is 2.34. The normalized spacial score (nSPS) is 18.2. The van der Waals surface area contributed by atoms with Crippen LogP contribution in [0.3, 0.4) is 0 Å². The Balaban J connectivity index is 0.00000240. The number of hydrogen-bond acceptors (Lipinski definition) is 7. The molecule has 0 spiro atoms. The van der Waals surface area contributed by atoms with Gasteiger partial charge in [-0.2, -0.15) is 37.0 Å². The highest BCUT2D eigenvalue weighted by Crippen LogP contribution is 2.37. The molecule has 2 fully saturated rings. The summed E-state index contributed by atoms with van der Waals surface area (Å²) in [6.07, 6.45) is 3.55. The Hall–Kier alpha value is -3.70. The molecule has 2 aliphatic rings. The number of likely N-dealkylation sites (tertiary alicyclic amines) is 1. The zero-order valence-electron chi connectivity index (χ0n) is 25.1. The van der Waals surface area contributed by atoms with E-state index in [1.54, 1.807) is 12.1 Å². The molecule has 2 saturated heterocycles. The Bertz CT molecular complexity index is 1820. The van der Waals surface area contributed by atoms with Gasteiger partial charge in [0.1, 0.15) is 29.7 Å². The summed E-state index contributed by atoms with van der Waals surface area (Å²) < 4.78 is 36.4. The SMILES string of the molecule is S.S.[C-]#[N+]C[C@H]1CN(c2nc(OC[C@@H]3CCCN3C)nc3c(F)c(-c4cccc5cccc(Cl)c45)ncc23)CCN1C(=O)C(=C)F. The van der Waals surface area contributed by atoms with Gasteiger partial charge in [0.25, 0.3) is 5.91 Å². The average molecular weight is 686 g/mol. The van der Waals surface area contributed by atoms with Crippen LogP contribution in [0.25, 0.3) is 37.8 Å². The maximum absolute atomic E-state index is 16.6. The van der Waals surface area contributed by atoms with Gasteiger partial charge in [0, 0.05) is 47.8 Å². The fourth-order valence-electron chi connectivity index (χ4n) is 6.10. The monoisotopic (exact) mass is 685 g/mol. The Morgan fingerprint density at radius 1 is 1.15 bits per heavy atom. The van der Waals surface area contributed by atoms with Gasteiger partial charge in [0.2, 0.25) is 6.54 Å². The minimum atomic E-state index is -1.08. The van der Waals surface area contributed by atoms with E-state index in [4.69, 9.17) is 27.9 Å². The standard InChI is InChI=1S/C32H30ClF2N7O2.2H2S/c1-19(34)31(43)42-14-13-41(17-22(42)15-36-2)30-24-16-37-28(23-10-4-7-20-8-5-11-25(33)26(20)23)27(35)29(24)38-32(39-30)44-18-21-9-6-12-40(21)3;;/h4-5,7-8,10-11,16,21-22H,1,6,9,12-15,17-18H2,3H3;2*1H2/t21-,22-;;/m0../s1. The fourth-order valence-corrected chi connectivity index (χ4v) is 6.38. The number of ether oxygens (including phenoxy) is 1. The second-order valence-electron chi connectivity index (χ2n) is 11.1. The van der Waals surface area contributed by atoms with E-state index in [9.17, 15) is 9.18 Å². The summed E-state index contributed by atoms with van der Waals surface area (Å²) in [6.45, 7) is 12.3. The molecular weight excluding hydrogens is 652 g/mol. The Labute approximate surface area is 284 Å². The molecular formula is C32H34ClF2N7O2S2. The zero-order chi connectivity index (χ0) is 31.0. The summed E-state index contributed by atoms with van der Waals surface area (Å²) in [7, 11) is 2.03. The van der Waals surface area contributed by atoms with Crippen molar-refractivity contribution >= 4 is 72.0 Å².